The highest BCUT2D eigenvalue weighted by Gasteiger charge is 2.15. The van der Waals surface area contributed by atoms with E-state index in [1.807, 2.05) is 13.0 Å². The maximum absolute atomic E-state index is 12.0. The van der Waals surface area contributed by atoms with E-state index in [9.17, 15) is 14.9 Å². The number of nitro groups is 1. The van der Waals surface area contributed by atoms with Crippen molar-refractivity contribution in [1.82, 2.24) is 4.98 Å². The number of nitrogens with zero attached hydrogens (tertiary/aromatic N) is 2. The van der Waals surface area contributed by atoms with Gasteiger partial charge in [0.2, 0.25) is 0 Å². The van der Waals surface area contributed by atoms with Crippen LogP contribution in [0.1, 0.15) is 15.9 Å². The summed E-state index contributed by atoms with van der Waals surface area (Å²) in [5.74, 6) is 0.00979. The summed E-state index contributed by atoms with van der Waals surface area (Å²) in [5, 5.41) is 13.2. The van der Waals surface area contributed by atoms with E-state index in [2.05, 4.69) is 10.3 Å². The summed E-state index contributed by atoms with van der Waals surface area (Å²) < 4.78 is 0. The zero-order chi connectivity index (χ0) is 14.7. The van der Waals surface area contributed by atoms with Crippen LogP contribution >= 0.6 is 11.6 Å². The first-order valence-corrected chi connectivity index (χ1v) is 6.04. The quantitative estimate of drug-likeness (QED) is 0.695. The van der Waals surface area contributed by atoms with Crippen LogP contribution in [0.5, 0.6) is 0 Å². The molecule has 1 heterocycles. The van der Waals surface area contributed by atoms with Crippen LogP contribution in [-0.2, 0) is 0 Å². The van der Waals surface area contributed by atoms with Gasteiger partial charge in [0.25, 0.3) is 11.6 Å². The Labute approximate surface area is 119 Å². The number of aryl methyl sites for hydroxylation is 1. The number of carbonyl (C=O) groups is 1. The first-order chi connectivity index (χ1) is 9.49. The van der Waals surface area contributed by atoms with Crippen molar-refractivity contribution in [2.75, 3.05) is 5.32 Å². The van der Waals surface area contributed by atoms with Gasteiger partial charge in [-0.3, -0.25) is 14.9 Å². The Bertz CT molecular complexity index is 688. The second-order valence-corrected chi connectivity index (χ2v) is 4.45. The molecule has 0 bridgehead atoms. The SMILES string of the molecule is Cc1cccnc1NC(=O)c1ccc([N+](=O)[O-])c(Cl)c1. The molecule has 1 N–H and O–H groups in total. The van der Waals surface area contributed by atoms with Crippen LogP contribution in [-0.4, -0.2) is 15.8 Å². The van der Waals surface area contributed by atoms with Gasteiger partial charge in [-0.1, -0.05) is 17.7 Å². The highest BCUT2D eigenvalue weighted by Crippen LogP contribution is 2.25. The van der Waals surface area contributed by atoms with Crippen LogP contribution in [0.15, 0.2) is 36.5 Å². The number of rotatable bonds is 3. The fourth-order valence-corrected chi connectivity index (χ4v) is 1.84. The number of anilines is 1. The van der Waals surface area contributed by atoms with Crippen molar-refractivity contribution in [1.29, 1.82) is 0 Å². The zero-order valence-electron chi connectivity index (χ0n) is 10.5. The Kier molecular flexibility index (Phi) is 3.95. The number of nitrogens with one attached hydrogen (secondary N) is 1. The third-order valence-electron chi connectivity index (χ3n) is 2.65. The summed E-state index contributed by atoms with van der Waals surface area (Å²) in [6.07, 6.45) is 1.56. The lowest BCUT2D eigenvalue weighted by molar-refractivity contribution is -0.384. The molecule has 20 heavy (non-hydrogen) atoms. The lowest BCUT2D eigenvalue weighted by atomic mass is 10.2. The molecule has 6 nitrogen and oxygen atoms in total. The third-order valence-corrected chi connectivity index (χ3v) is 2.95. The van der Waals surface area contributed by atoms with Gasteiger partial charge in [-0.15, -0.1) is 0 Å². The summed E-state index contributed by atoms with van der Waals surface area (Å²) in [5.41, 5.74) is 0.803. The van der Waals surface area contributed by atoms with E-state index in [4.69, 9.17) is 11.6 Å². The lowest BCUT2D eigenvalue weighted by Gasteiger charge is -2.07. The Morgan fingerprint density at radius 3 is 2.75 bits per heavy atom. The molecular formula is C13H10ClN3O3. The summed E-state index contributed by atoms with van der Waals surface area (Å²) in [4.78, 5) is 26.1. The standard InChI is InChI=1S/C13H10ClN3O3/c1-8-3-2-6-15-12(8)16-13(18)9-4-5-11(17(19)20)10(14)7-9/h2-7H,1H3,(H,15,16,18). The van der Waals surface area contributed by atoms with Crippen molar-refractivity contribution in [3.8, 4) is 0 Å². The van der Waals surface area contributed by atoms with Crippen molar-refractivity contribution in [3.63, 3.8) is 0 Å². The third kappa shape index (κ3) is 2.92. The van der Waals surface area contributed by atoms with Crippen molar-refractivity contribution >= 4 is 29.0 Å². The van der Waals surface area contributed by atoms with E-state index in [1.54, 1.807) is 12.3 Å². The number of amides is 1. The van der Waals surface area contributed by atoms with Crippen molar-refractivity contribution in [2.24, 2.45) is 0 Å². The molecule has 0 radical (unpaired) electrons. The average molecular weight is 292 g/mol. The minimum atomic E-state index is -0.604. The number of hydrogen-bond acceptors (Lipinski definition) is 4. The molecule has 0 unspecified atom stereocenters. The molecule has 1 amide bonds. The van der Waals surface area contributed by atoms with Crippen LogP contribution < -0.4 is 5.32 Å². The normalized spacial score (nSPS) is 10.1. The molecule has 0 fully saturated rings. The number of halogens is 1. The van der Waals surface area contributed by atoms with Gasteiger partial charge in [0.05, 0.1) is 4.92 Å². The summed E-state index contributed by atoms with van der Waals surface area (Å²) in [6, 6.07) is 7.37. The van der Waals surface area contributed by atoms with Crippen molar-refractivity contribution < 1.29 is 9.72 Å². The number of benzene rings is 1. The summed E-state index contributed by atoms with van der Waals surface area (Å²) in [7, 11) is 0. The molecule has 2 aromatic rings. The summed E-state index contributed by atoms with van der Waals surface area (Å²) >= 11 is 5.77. The van der Waals surface area contributed by atoms with E-state index < -0.39 is 10.8 Å². The second kappa shape index (κ2) is 5.66. The molecule has 0 aliphatic rings. The first kappa shape index (κ1) is 14.0. The van der Waals surface area contributed by atoms with Crippen LogP contribution in [0.25, 0.3) is 0 Å². The molecule has 102 valence electrons. The van der Waals surface area contributed by atoms with E-state index in [0.717, 1.165) is 5.56 Å². The zero-order valence-corrected chi connectivity index (χ0v) is 11.2. The van der Waals surface area contributed by atoms with Gasteiger partial charge in [0.15, 0.2) is 0 Å². The molecule has 2 rings (SSSR count). The number of aromatic nitrogens is 1. The predicted octanol–water partition coefficient (Wildman–Crippen LogP) is 3.20. The summed E-state index contributed by atoms with van der Waals surface area (Å²) in [6.45, 7) is 1.81. The largest absolute Gasteiger partial charge is 0.306 e. The topological polar surface area (TPSA) is 85.1 Å². The van der Waals surface area contributed by atoms with Crippen molar-refractivity contribution in [2.45, 2.75) is 6.92 Å². The van der Waals surface area contributed by atoms with Gasteiger partial charge in [-0.2, -0.15) is 0 Å². The molecule has 0 aliphatic carbocycles. The second-order valence-electron chi connectivity index (χ2n) is 4.05. The molecule has 0 atom stereocenters. The van der Waals surface area contributed by atoms with Crippen LogP contribution in [0.2, 0.25) is 5.02 Å². The fourth-order valence-electron chi connectivity index (χ4n) is 1.59. The van der Waals surface area contributed by atoms with E-state index in [-0.39, 0.29) is 16.3 Å². The predicted molar refractivity (Wildman–Crippen MR) is 75.0 cm³/mol. The first-order valence-electron chi connectivity index (χ1n) is 5.66. The van der Waals surface area contributed by atoms with E-state index in [1.165, 1.54) is 18.2 Å². The molecule has 1 aromatic carbocycles. The smallest absolute Gasteiger partial charge is 0.287 e. The molecule has 0 spiro atoms. The van der Waals surface area contributed by atoms with Gasteiger partial charge in [0, 0.05) is 17.8 Å². The molecule has 0 saturated heterocycles. The Morgan fingerprint density at radius 2 is 2.15 bits per heavy atom. The number of carbonyl (C=O) groups excluding carboxylic acids is 1. The maximum Gasteiger partial charge on any atom is 0.287 e. The van der Waals surface area contributed by atoms with E-state index >= 15 is 0 Å². The lowest BCUT2D eigenvalue weighted by Crippen LogP contribution is -2.14. The van der Waals surface area contributed by atoms with E-state index in [0.29, 0.717) is 5.82 Å². The van der Waals surface area contributed by atoms with Gasteiger partial charge < -0.3 is 5.32 Å². The monoisotopic (exact) mass is 291 g/mol. The number of hydrogen-bond donors (Lipinski definition) is 1. The van der Waals surface area contributed by atoms with Crippen molar-refractivity contribution in [3.05, 3.63) is 62.8 Å². The highest BCUT2D eigenvalue weighted by molar-refractivity contribution is 6.33. The molecule has 0 aliphatic heterocycles. The highest BCUT2D eigenvalue weighted by atomic mass is 35.5. The van der Waals surface area contributed by atoms with Gasteiger partial charge >= 0.3 is 0 Å². The minimum absolute atomic E-state index is 0.0830. The molecular weight excluding hydrogens is 282 g/mol. The molecule has 1 aromatic heterocycles. The number of nitro benzene ring substituents is 1. The molecule has 7 heteroatoms. The van der Waals surface area contributed by atoms with Gasteiger partial charge in [0.1, 0.15) is 10.8 Å². The Hall–Kier alpha value is -2.47. The Morgan fingerprint density at radius 1 is 1.40 bits per heavy atom. The number of pyridine rings is 1. The fraction of sp³-hybridized carbons (Fsp3) is 0.0769. The van der Waals surface area contributed by atoms with Crippen LogP contribution in [0.4, 0.5) is 11.5 Å². The molecule has 0 saturated carbocycles. The maximum atomic E-state index is 12.0. The van der Waals surface area contributed by atoms with Crippen LogP contribution in [0.3, 0.4) is 0 Å². The minimum Gasteiger partial charge on any atom is -0.306 e. The average Bonchev–Trinajstić information content (AvgIpc) is 2.40. The Balaban J connectivity index is 2.24. The van der Waals surface area contributed by atoms with Gasteiger partial charge in [-0.05, 0) is 30.7 Å². The van der Waals surface area contributed by atoms with Gasteiger partial charge in [-0.25, -0.2) is 4.98 Å². The van der Waals surface area contributed by atoms with Crippen LogP contribution in [0, 0.1) is 17.0 Å².